The lowest BCUT2D eigenvalue weighted by atomic mass is 10.2. The number of hydrogen-bond donors (Lipinski definition) is 0. The minimum Gasteiger partial charge on any atom is -0.338 e. The zero-order chi connectivity index (χ0) is 18.8. The van der Waals surface area contributed by atoms with Crippen molar-refractivity contribution in [2.24, 2.45) is 0 Å². The SMILES string of the molecule is Cc1ccc(-n2ccnc2N2CCN(C(=O)c3ccccc3Br)CC2)cc1. The number of aromatic nitrogens is 2. The van der Waals surface area contributed by atoms with E-state index >= 15 is 0 Å². The Bertz CT molecular complexity index is 943. The van der Waals surface area contributed by atoms with Crippen LogP contribution < -0.4 is 4.90 Å². The summed E-state index contributed by atoms with van der Waals surface area (Å²) in [6, 6.07) is 16.0. The number of aryl methyl sites for hydroxylation is 1. The van der Waals surface area contributed by atoms with Crippen molar-refractivity contribution < 1.29 is 4.79 Å². The van der Waals surface area contributed by atoms with Gasteiger partial charge in [0, 0.05) is 48.7 Å². The number of anilines is 1. The highest BCUT2D eigenvalue weighted by Gasteiger charge is 2.25. The summed E-state index contributed by atoms with van der Waals surface area (Å²) in [5.74, 6) is 0.996. The normalized spacial score (nSPS) is 14.4. The summed E-state index contributed by atoms with van der Waals surface area (Å²) in [5.41, 5.74) is 3.05. The number of carbonyl (C=O) groups excluding carboxylic acids is 1. The summed E-state index contributed by atoms with van der Waals surface area (Å²) in [7, 11) is 0. The average molecular weight is 425 g/mol. The molecule has 0 radical (unpaired) electrons. The lowest BCUT2D eigenvalue weighted by molar-refractivity contribution is 0.0745. The van der Waals surface area contributed by atoms with Crippen molar-refractivity contribution in [3.05, 3.63) is 76.5 Å². The molecule has 3 aromatic rings. The fourth-order valence-electron chi connectivity index (χ4n) is 3.35. The summed E-state index contributed by atoms with van der Waals surface area (Å²) in [6.45, 7) is 4.97. The molecule has 138 valence electrons. The third-order valence-electron chi connectivity index (χ3n) is 4.89. The molecule has 5 nitrogen and oxygen atoms in total. The van der Waals surface area contributed by atoms with Gasteiger partial charge in [-0.05, 0) is 47.1 Å². The Morgan fingerprint density at radius 3 is 2.41 bits per heavy atom. The van der Waals surface area contributed by atoms with E-state index in [-0.39, 0.29) is 5.91 Å². The summed E-state index contributed by atoms with van der Waals surface area (Å²) < 4.78 is 2.94. The van der Waals surface area contributed by atoms with Crippen molar-refractivity contribution in [2.45, 2.75) is 6.92 Å². The van der Waals surface area contributed by atoms with Gasteiger partial charge in [-0.25, -0.2) is 4.98 Å². The number of amides is 1. The van der Waals surface area contributed by atoms with E-state index in [2.05, 4.69) is 61.6 Å². The van der Waals surface area contributed by atoms with Crippen molar-refractivity contribution in [2.75, 3.05) is 31.1 Å². The monoisotopic (exact) mass is 424 g/mol. The molecule has 27 heavy (non-hydrogen) atoms. The number of carbonyl (C=O) groups is 1. The van der Waals surface area contributed by atoms with Crippen LogP contribution in [0.4, 0.5) is 5.95 Å². The molecule has 0 atom stereocenters. The van der Waals surface area contributed by atoms with Gasteiger partial charge in [0.25, 0.3) is 5.91 Å². The van der Waals surface area contributed by atoms with Crippen molar-refractivity contribution >= 4 is 27.8 Å². The molecule has 0 saturated carbocycles. The van der Waals surface area contributed by atoms with Gasteiger partial charge in [0.05, 0.1) is 5.56 Å². The smallest absolute Gasteiger partial charge is 0.255 e. The van der Waals surface area contributed by atoms with Gasteiger partial charge in [-0.3, -0.25) is 9.36 Å². The Morgan fingerprint density at radius 2 is 1.70 bits per heavy atom. The standard InChI is InChI=1S/C21H21BrN4O/c1-16-6-8-17(9-7-16)26-11-10-23-21(26)25-14-12-24(13-15-25)20(27)18-4-2-3-5-19(18)22/h2-11H,12-15H2,1H3. The van der Waals surface area contributed by atoms with E-state index in [0.717, 1.165) is 29.2 Å². The van der Waals surface area contributed by atoms with Gasteiger partial charge in [-0.2, -0.15) is 0 Å². The molecule has 1 saturated heterocycles. The maximum atomic E-state index is 12.8. The van der Waals surface area contributed by atoms with Crippen LogP contribution in [0.25, 0.3) is 5.69 Å². The van der Waals surface area contributed by atoms with Crippen molar-refractivity contribution in [3.63, 3.8) is 0 Å². The minimum atomic E-state index is 0.0731. The van der Waals surface area contributed by atoms with Gasteiger partial charge in [0.15, 0.2) is 0 Å². The van der Waals surface area contributed by atoms with Crippen LogP contribution in [0.3, 0.4) is 0 Å². The van der Waals surface area contributed by atoms with Crippen molar-refractivity contribution in [3.8, 4) is 5.69 Å². The van der Waals surface area contributed by atoms with Gasteiger partial charge in [0.1, 0.15) is 0 Å². The van der Waals surface area contributed by atoms with Crippen LogP contribution in [-0.4, -0.2) is 46.5 Å². The van der Waals surface area contributed by atoms with Gasteiger partial charge >= 0.3 is 0 Å². The molecular weight excluding hydrogens is 404 g/mol. The molecule has 1 aliphatic heterocycles. The average Bonchev–Trinajstić information content (AvgIpc) is 3.18. The predicted octanol–water partition coefficient (Wildman–Crippen LogP) is 3.91. The molecule has 0 bridgehead atoms. The number of nitrogens with zero attached hydrogens (tertiary/aromatic N) is 4. The molecule has 0 unspecified atom stereocenters. The lowest BCUT2D eigenvalue weighted by Crippen LogP contribution is -2.49. The van der Waals surface area contributed by atoms with E-state index in [1.807, 2.05) is 41.6 Å². The molecule has 0 aliphatic carbocycles. The van der Waals surface area contributed by atoms with Crippen LogP contribution in [0.2, 0.25) is 0 Å². The number of rotatable bonds is 3. The van der Waals surface area contributed by atoms with Crippen LogP contribution in [-0.2, 0) is 0 Å². The Balaban J connectivity index is 1.48. The minimum absolute atomic E-state index is 0.0731. The van der Waals surface area contributed by atoms with Crippen LogP contribution in [0.5, 0.6) is 0 Å². The number of halogens is 1. The lowest BCUT2D eigenvalue weighted by Gasteiger charge is -2.35. The third-order valence-corrected chi connectivity index (χ3v) is 5.58. The molecule has 1 amide bonds. The van der Waals surface area contributed by atoms with Crippen LogP contribution in [0.1, 0.15) is 15.9 Å². The van der Waals surface area contributed by atoms with E-state index < -0.39 is 0 Å². The van der Waals surface area contributed by atoms with E-state index in [4.69, 9.17) is 0 Å². The first-order valence-corrected chi connectivity index (χ1v) is 9.82. The molecule has 4 rings (SSSR count). The largest absolute Gasteiger partial charge is 0.338 e. The van der Waals surface area contributed by atoms with Crippen molar-refractivity contribution in [1.82, 2.24) is 14.5 Å². The second-order valence-corrected chi connectivity index (χ2v) is 7.55. The Labute approximate surface area is 167 Å². The molecule has 0 spiro atoms. The molecule has 1 aliphatic rings. The first kappa shape index (κ1) is 17.8. The molecule has 2 heterocycles. The topological polar surface area (TPSA) is 41.4 Å². The zero-order valence-corrected chi connectivity index (χ0v) is 16.8. The molecule has 2 aromatic carbocycles. The summed E-state index contributed by atoms with van der Waals surface area (Å²) in [4.78, 5) is 21.5. The Hall–Kier alpha value is -2.60. The molecule has 6 heteroatoms. The Kier molecular flexibility index (Phi) is 4.99. The number of hydrogen-bond acceptors (Lipinski definition) is 3. The highest BCUT2D eigenvalue weighted by molar-refractivity contribution is 9.10. The maximum Gasteiger partial charge on any atom is 0.255 e. The van der Waals surface area contributed by atoms with Gasteiger partial charge in [-0.1, -0.05) is 29.8 Å². The number of piperazine rings is 1. The second-order valence-electron chi connectivity index (χ2n) is 6.69. The number of benzene rings is 2. The predicted molar refractivity (Wildman–Crippen MR) is 111 cm³/mol. The van der Waals surface area contributed by atoms with E-state index in [1.165, 1.54) is 5.56 Å². The highest BCUT2D eigenvalue weighted by atomic mass is 79.9. The molecule has 1 fully saturated rings. The van der Waals surface area contributed by atoms with Crippen LogP contribution in [0.15, 0.2) is 65.4 Å². The molecule has 0 N–H and O–H groups in total. The molecule has 1 aromatic heterocycles. The molecular formula is C21H21BrN4O. The van der Waals surface area contributed by atoms with Crippen molar-refractivity contribution in [1.29, 1.82) is 0 Å². The van der Waals surface area contributed by atoms with Gasteiger partial charge in [-0.15, -0.1) is 0 Å². The van der Waals surface area contributed by atoms with Crippen LogP contribution >= 0.6 is 15.9 Å². The van der Waals surface area contributed by atoms with E-state index in [1.54, 1.807) is 0 Å². The van der Waals surface area contributed by atoms with E-state index in [0.29, 0.717) is 18.7 Å². The van der Waals surface area contributed by atoms with Gasteiger partial charge in [0.2, 0.25) is 5.95 Å². The fraction of sp³-hybridized carbons (Fsp3) is 0.238. The summed E-state index contributed by atoms with van der Waals surface area (Å²) in [5, 5.41) is 0. The van der Waals surface area contributed by atoms with Crippen LogP contribution in [0, 0.1) is 6.92 Å². The van der Waals surface area contributed by atoms with E-state index in [9.17, 15) is 4.79 Å². The summed E-state index contributed by atoms with van der Waals surface area (Å²) >= 11 is 3.48. The number of imidazole rings is 1. The zero-order valence-electron chi connectivity index (χ0n) is 15.2. The fourth-order valence-corrected chi connectivity index (χ4v) is 3.81. The first-order valence-electron chi connectivity index (χ1n) is 9.02. The summed E-state index contributed by atoms with van der Waals surface area (Å²) in [6.07, 6.45) is 3.81. The highest BCUT2D eigenvalue weighted by Crippen LogP contribution is 2.22. The second kappa shape index (κ2) is 7.56. The Morgan fingerprint density at radius 1 is 1.00 bits per heavy atom. The first-order chi connectivity index (χ1) is 13.1. The van der Waals surface area contributed by atoms with Gasteiger partial charge < -0.3 is 9.80 Å². The quantitative estimate of drug-likeness (QED) is 0.639. The third kappa shape index (κ3) is 3.62. The maximum absolute atomic E-state index is 12.8.